The second-order valence-electron chi connectivity index (χ2n) is 4.83. The van der Waals surface area contributed by atoms with Gasteiger partial charge in [-0.1, -0.05) is 0 Å². The van der Waals surface area contributed by atoms with E-state index in [0.717, 1.165) is 25.9 Å². The largest absolute Gasteiger partial charge is 0.348 e. The fraction of sp³-hybridized carbons (Fsp3) is 0.462. The number of aryl methyl sites for hydroxylation is 1. The van der Waals surface area contributed by atoms with Crippen LogP contribution in [0.1, 0.15) is 28.8 Å². The molecule has 0 bridgehead atoms. The summed E-state index contributed by atoms with van der Waals surface area (Å²) in [7, 11) is 0. The molecule has 1 aromatic carbocycles. The number of non-ortho nitro benzene ring substituents is 1. The highest BCUT2D eigenvalue weighted by molar-refractivity contribution is 5.95. The first kappa shape index (κ1) is 16.4. The molecule has 0 unspecified atom stereocenters. The van der Waals surface area contributed by atoms with E-state index >= 15 is 0 Å². The van der Waals surface area contributed by atoms with Crippen molar-refractivity contribution in [3.8, 4) is 0 Å². The number of carbonyl (C=O) groups is 1. The second-order valence-corrected chi connectivity index (χ2v) is 4.83. The molecule has 0 spiro atoms. The maximum atomic E-state index is 12.1. The van der Waals surface area contributed by atoms with Crippen LogP contribution in [0.15, 0.2) is 18.2 Å². The van der Waals surface area contributed by atoms with Gasteiger partial charge in [0.2, 0.25) is 0 Å². The first-order valence-electron chi connectivity index (χ1n) is 6.34. The van der Waals surface area contributed by atoms with Crippen molar-refractivity contribution in [2.45, 2.75) is 25.8 Å². The topological polar surface area (TPSA) is 84.3 Å². The van der Waals surface area contributed by atoms with Gasteiger partial charge in [0.05, 0.1) is 4.92 Å². The van der Waals surface area contributed by atoms with Gasteiger partial charge in [-0.3, -0.25) is 14.9 Å². The summed E-state index contributed by atoms with van der Waals surface area (Å²) in [6.45, 7) is 3.47. The lowest BCUT2D eigenvalue weighted by atomic mass is 10.1. The van der Waals surface area contributed by atoms with Crippen LogP contribution in [-0.4, -0.2) is 30.0 Å². The zero-order valence-electron chi connectivity index (χ0n) is 11.2. The van der Waals surface area contributed by atoms with E-state index in [0.29, 0.717) is 11.1 Å². The Morgan fingerprint density at radius 1 is 1.45 bits per heavy atom. The summed E-state index contributed by atoms with van der Waals surface area (Å²) in [6, 6.07) is 4.54. The molecule has 1 atom stereocenters. The van der Waals surface area contributed by atoms with Crippen LogP contribution >= 0.6 is 12.4 Å². The molecule has 110 valence electrons. The maximum absolute atomic E-state index is 12.1. The Kier molecular flexibility index (Phi) is 5.91. The molecule has 2 N–H and O–H groups in total. The Morgan fingerprint density at radius 3 is 2.80 bits per heavy atom. The highest BCUT2D eigenvalue weighted by Crippen LogP contribution is 2.17. The van der Waals surface area contributed by atoms with Crippen LogP contribution in [0.2, 0.25) is 0 Å². The Labute approximate surface area is 123 Å². The molecule has 2 rings (SSSR count). The number of amides is 1. The normalized spacial score (nSPS) is 17.9. The van der Waals surface area contributed by atoms with Crippen molar-refractivity contribution < 1.29 is 9.72 Å². The fourth-order valence-corrected chi connectivity index (χ4v) is 2.24. The van der Waals surface area contributed by atoms with Crippen molar-refractivity contribution in [1.29, 1.82) is 0 Å². The number of nitro groups is 1. The Hall–Kier alpha value is -1.66. The summed E-state index contributed by atoms with van der Waals surface area (Å²) < 4.78 is 0. The minimum Gasteiger partial charge on any atom is -0.348 e. The maximum Gasteiger partial charge on any atom is 0.270 e. The molecular formula is C13H18ClN3O3. The van der Waals surface area contributed by atoms with E-state index < -0.39 is 4.92 Å². The number of hydrogen-bond donors (Lipinski definition) is 2. The molecule has 1 fully saturated rings. The van der Waals surface area contributed by atoms with Gasteiger partial charge < -0.3 is 10.6 Å². The number of rotatable bonds is 3. The van der Waals surface area contributed by atoms with Gasteiger partial charge in [0.1, 0.15) is 0 Å². The van der Waals surface area contributed by atoms with Crippen molar-refractivity contribution in [3.63, 3.8) is 0 Å². The minimum absolute atomic E-state index is 0. The first-order valence-corrected chi connectivity index (χ1v) is 6.34. The van der Waals surface area contributed by atoms with E-state index in [2.05, 4.69) is 10.6 Å². The van der Waals surface area contributed by atoms with Gasteiger partial charge in [0, 0.05) is 30.3 Å². The molecule has 1 amide bonds. The van der Waals surface area contributed by atoms with Crippen molar-refractivity contribution in [1.82, 2.24) is 10.6 Å². The number of carbonyl (C=O) groups excluding carboxylic acids is 1. The van der Waals surface area contributed by atoms with Gasteiger partial charge in [0.15, 0.2) is 0 Å². The highest BCUT2D eigenvalue weighted by Gasteiger charge is 2.18. The van der Waals surface area contributed by atoms with Crippen LogP contribution in [0.25, 0.3) is 0 Å². The molecule has 0 saturated carbocycles. The van der Waals surface area contributed by atoms with Crippen molar-refractivity contribution in [3.05, 3.63) is 39.4 Å². The highest BCUT2D eigenvalue weighted by atomic mass is 35.5. The van der Waals surface area contributed by atoms with Crippen LogP contribution in [0.4, 0.5) is 5.69 Å². The van der Waals surface area contributed by atoms with Crippen LogP contribution in [0.3, 0.4) is 0 Å². The van der Waals surface area contributed by atoms with Gasteiger partial charge in [-0.05, 0) is 37.9 Å². The molecular weight excluding hydrogens is 282 g/mol. The average molecular weight is 300 g/mol. The molecule has 1 heterocycles. The summed E-state index contributed by atoms with van der Waals surface area (Å²) in [5.74, 6) is -0.250. The zero-order chi connectivity index (χ0) is 13.8. The Morgan fingerprint density at radius 2 is 2.20 bits per heavy atom. The van der Waals surface area contributed by atoms with Gasteiger partial charge in [-0.2, -0.15) is 0 Å². The third kappa shape index (κ3) is 4.18. The van der Waals surface area contributed by atoms with Gasteiger partial charge >= 0.3 is 0 Å². The van der Waals surface area contributed by atoms with Crippen LogP contribution < -0.4 is 10.6 Å². The van der Waals surface area contributed by atoms with Crippen molar-refractivity contribution in [2.24, 2.45) is 0 Å². The number of nitro benzene ring substituents is 1. The molecule has 1 saturated heterocycles. The molecule has 6 nitrogen and oxygen atoms in total. The third-order valence-electron chi connectivity index (χ3n) is 3.17. The van der Waals surface area contributed by atoms with E-state index in [-0.39, 0.29) is 30.0 Å². The molecule has 1 aliphatic heterocycles. The average Bonchev–Trinajstić information content (AvgIpc) is 2.39. The molecule has 1 aliphatic rings. The van der Waals surface area contributed by atoms with Crippen LogP contribution in [0.5, 0.6) is 0 Å². The van der Waals surface area contributed by atoms with E-state index in [1.54, 1.807) is 13.0 Å². The smallest absolute Gasteiger partial charge is 0.270 e. The summed E-state index contributed by atoms with van der Waals surface area (Å²) in [4.78, 5) is 22.4. The molecule has 0 aliphatic carbocycles. The Bertz CT molecular complexity index is 502. The van der Waals surface area contributed by atoms with Crippen LogP contribution in [0, 0.1) is 17.0 Å². The Balaban J connectivity index is 0.00000200. The SMILES string of the molecule is Cc1cc(C(=O)N[C@H]2CCCNC2)cc([N+](=O)[O-])c1.Cl. The van der Waals surface area contributed by atoms with Gasteiger partial charge in [0.25, 0.3) is 11.6 Å². The lowest BCUT2D eigenvalue weighted by Gasteiger charge is -2.23. The molecule has 0 radical (unpaired) electrons. The molecule has 20 heavy (non-hydrogen) atoms. The number of halogens is 1. The quantitative estimate of drug-likeness (QED) is 0.658. The van der Waals surface area contributed by atoms with Crippen molar-refractivity contribution in [2.75, 3.05) is 13.1 Å². The first-order chi connectivity index (χ1) is 9.06. The molecule has 1 aromatic rings. The predicted molar refractivity (Wildman–Crippen MR) is 78.4 cm³/mol. The summed E-state index contributed by atoms with van der Waals surface area (Å²) in [6.07, 6.45) is 1.96. The zero-order valence-corrected chi connectivity index (χ0v) is 12.0. The predicted octanol–water partition coefficient (Wildman–Crippen LogP) is 1.81. The number of nitrogens with zero attached hydrogens (tertiary/aromatic N) is 1. The minimum atomic E-state index is -0.480. The monoisotopic (exact) mass is 299 g/mol. The summed E-state index contributed by atoms with van der Waals surface area (Å²) in [5.41, 5.74) is 1.00. The fourth-order valence-electron chi connectivity index (χ4n) is 2.24. The van der Waals surface area contributed by atoms with Gasteiger partial charge in [-0.15, -0.1) is 12.4 Å². The van der Waals surface area contributed by atoms with E-state index in [9.17, 15) is 14.9 Å². The third-order valence-corrected chi connectivity index (χ3v) is 3.17. The lowest BCUT2D eigenvalue weighted by Crippen LogP contribution is -2.45. The number of hydrogen-bond acceptors (Lipinski definition) is 4. The standard InChI is InChI=1S/C13H17N3O3.ClH/c1-9-5-10(7-12(6-9)16(18)19)13(17)15-11-3-2-4-14-8-11;/h5-7,11,14H,2-4,8H2,1H3,(H,15,17);1H/t11-;/m0./s1. The van der Waals surface area contributed by atoms with Crippen LogP contribution in [-0.2, 0) is 0 Å². The number of piperidine rings is 1. The second kappa shape index (κ2) is 7.21. The molecule has 7 heteroatoms. The van der Waals surface area contributed by atoms with E-state index in [1.807, 2.05) is 0 Å². The summed E-state index contributed by atoms with van der Waals surface area (Å²) in [5, 5.41) is 16.9. The number of nitrogens with one attached hydrogen (secondary N) is 2. The van der Waals surface area contributed by atoms with Gasteiger partial charge in [-0.25, -0.2) is 0 Å². The van der Waals surface area contributed by atoms with E-state index in [4.69, 9.17) is 0 Å². The molecule has 0 aromatic heterocycles. The summed E-state index contributed by atoms with van der Waals surface area (Å²) >= 11 is 0. The van der Waals surface area contributed by atoms with Crippen molar-refractivity contribution >= 4 is 24.0 Å². The van der Waals surface area contributed by atoms with E-state index in [1.165, 1.54) is 12.1 Å². The number of benzene rings is 1. The lowest BCUT2D eigenvalue weighted by molar-refractivity contribution is -0.384.